The molecule has 0 heterocycles. The zero-order chi connectivity index (χ0) is 13.2. The second-order valence-corrected chi connectivity index (χ2v) is 6.07. The molecular weight excluding hydrogens is 284 g/mol. The first kappa shape index (κ1) is 14.0. The summed E-state index contributed by atoms with van der Waals surface area (Å²) in [6, 6.07) is 5.18. The number of nitrogens with zero attached hydrogens (tertiary/aromatic N) is 1. The molecule has 0 aliphatic heterocycles. The molecule has 94 valence electrons. The quantitative estimate of drug-likeness (QED) is 0.672. The van der Waals surface area contributed by atoms with Gasteiger partial charge in [-0.1, -0.05) is 36.7 Å². The van der Waals surface area contributed by atoms with Gasteiger partial charge >= 0.3 is 0 Å². The van der Waals surface area contributed by atoms with Gasteiger partial charge in [0, 0.05) is 16.6 Å². The van der Waals surface area contributed by atoms with Gasteiger partial charge in [0.25, 0.3) is 5.69 Å². The van der Waals surface area contributed by atoms with Crippen LogP contribution in [0.4, 0.5) is 11.4 Å². The molecule has 17 heavy (non-hydrogen) atoms. The van der Waals surface area contributed by atoms with Crippen molar-refractivity contribution in [2.45, 2.75) is 33.7 Å². The number of hydrogen-bond acceptors (Lipinski definition) is 3. The maximum absolute atomic E-state index is 10.9. The molecule has 5 heteroatoms. The molecule has 1 atom stereocenters. The number of anilines is 1. The summed E-state index contributed by atoms with van der Waals surface area (Å²) in [5.74, 6) is 0. The maximum Gasteiger partial charge on any atom is 0.293 e. The molecule has 0 amide bonds. The third-order valence-corrected chi connectivity index (χ3v) is 3.32. The molecule has 4 nitrogen and oxygen atoms in total. The predicted octanol–water partition coefficient (Wildman–Crippen LogP) is 4.20. The van der Waals surface area contributed by atoms with Gasteiger partial charge in [-0.15, -0.1) is 0 Å². The van der Waals surface area contributed by atoms with Gasteiger partial charge < -0.3 is 5.32 Å². The Kier molecular flexibility index (Phi) is 4.14. The summed E-state index contributed by atoms with van der Waals surface area (Å²) >= 11 is 3.24. The highest BCUT2D eigenvalue weighted by atomic mass is 79.9. The number of nitrogens with one attached hydrogen (secondary N) is 1. The lowest BCUT2D eigenvalue weighted by molar-refractivity contribution is -0.384. The fraction of sp³-hybridized carbons (Fsp3) is 0.500. The summed E-state index contributed by atoms with van der Waals surface area (Å²) in [5, 5.41) is 14.1. The third-order valence-electron chi connectivity index (χ3n) is 2.83. The number of rotatable bonds is 3. The molecule has 1 unspecified atom stereocenters. The van der Waals surface area contributed by atoms with Crippen LogP contribution in [0.1, 0.15) is 27.7 Å². The molecule has 1 aromatic carbocycles. The molecule has 0 saturated heterocycles. The SMILES string of the molecule is CC(Nc1ccc(Br)cc1[N+](=O)[O-])C(C)(C)C. The van der Waals surface area contributed by atoms with Crippen molar-refractivity contribution < 1.29 is 4.92 Å². The van der Waals surface area contributed by atoms with Crippen molar-refractivity contribution in [1.29, 1.82) is 0 Å². The number of hydrogen-bond donors (Lipinski definition) is 1. The van der Waals surface area contributed by atoms with E-state index < -0.39 is 0 Å². The Bertz CT molecular complexity index is 427. The average molecular weight is 301 g/mol. The van der Waals surface area contributed by atoms with Crippen LogP contribution in [-0.2, 0) is 0 Å². The van der Waals surface area contributed by atoms with Crippen LogP contribution in [0.3, 0.4) is 0 Å². The summed E-state index contributed by atoms with van der Waals surface area (Å²) < 4.78 is 0.707. The van der Waals surface area contributed by atoms with E-state index in [2.05, 4.69) is 42.0 Å². The van der Waals surface area contributed by atoms with Crippen LogP contribution in [0.5, 0.6) is 0 Å². The molecule has 0 bridgehead atoms. The second-order valence-electron chi connectivity index (χ2n) is 5.15. The van der Waals surface area contributed by atoms with E-state index in [1.54, 1.807) is 12.1 Å². The Labute approximate surface area is 110 Å². The first-order valence-electron chi connectivity index (χ1n) is 5.42. The average Bonchev–Trinajstić information content (AvgIpc) is 2.18. The predicted molar refractivity (Wildman–Crippen MR) is 73.3 cm³/mol. The topological polar surface area (TPSA) is 55.2 Å². The number of nitro benzene ring substituents is 1. The molecule has 0 saturated carbocycles. The van der Waals surface area contributed by atoms with Crippen LogP contribution in [0, 0.1) is 15.5 Å². The van der Waals surface area contributed by atoms with E-state index in [0.717, 1.165) is 0 Å². The molecule has 0 aromatic heterocycles. The molecule has 1 rings (SSSR count). The second kappa shape index (κ2) is 5.04. The van der Waals surface area contributed by atoms with Crippen LogP contribution in [0.15, 0.2) is 22.7 Å². The van der Waals surface area contributed by atoms with Gasteiger partial charge in [0.1, 0.15) is 5.69 Å². The van der Waals surface area contributed by atoms with E-state index in [0.29, 0.717) is 10.2 Å². The van der Waals surface area contributed by atoms with Crippen molar-refractivity contribution in [1.82, 2.24) is 0 Å². The highest BCUT2D eigenvalue weighted by Crippen LogP contribution is 2.31. The van der Waals surface area contributed by atoms with Gasteiger partial charge in [-0.3, -0.25) is 10.1 Å². The van der Waals surface area contributed by atoms with E-state index in [1.807, 2.05) is 6.92 Å². The first-order chi connectivity index (χ1) is 7.71. The lowest BCUT2D eigenvalue weighted by Gasteiger charge is -2.28. The van der Waals surface area contributed by atoms with E-state index in [9.17, 15) is 10.1 Å². The van der Waals surface area contributed by atoms with Crippen molar-refractivity contribution in [3.63, 3.8) is 0 Å². The van der Waals surface area contributed by atoms with Crippen LogP contribution < -0.4 is 5.32 Å². The summed E-state index contributed by atoms with van der Waals surface area (Å²) in [4.78, 5) is 10.6. The van der Waals surface area contributed by atoms with Crippen LogP contribution in [0.2, 0.25) is 0 Å². The van der Waals surface area contributed by atoms with Crippen molar-refractivity contribution in [2.75, 3.05) is 5.32 Å². The molecule has 0 aliphatic carbocycles. The molecule has 0 fully saturated rings. The Morgan fingerprint density at radius 2 is 2.00 bits per heavy atom. The summed E-state index contributed by atoms with van der Waals surface area (Å²) in [5.41, 5.74) is 0.692. The lowest BCUT2D eigenvalue weighted by Crippen LogP contribution is -2.31. The zero-order valence-electron chi connectivity index (χ0n) is 10.5. The van der Waals surface area contributed by atoms with Gasteiger partial charge in [-0.2, -0.15) is 0 Å². The van der Waals surface area contributed by atoms with Crippen molar-refractivity contribution >= 4 is 27.3 Å². The summed E-state index contributed by atoms with van der Waals surface area (Å²) in [7, 11) is 0. The van der Waals surface area contributed by atoms with Gasteiger partial charge in [0.15, 0.2) is 0 Å². The minimum absolute atomic E-state index is 0.0426. The van der Waals surface area contributed by atoms with Gasteiger partial charge in [0.2, 0.25) is 0 Å². The molecule has 0 spiro atoms. The third kappa shape index (κ3) is 3.70. The van der Waals surface area contributed by atoms with E-state index in [4.69, 9.17) is 0 Å². The Hall–Kier alpha value is -1.10. The van der Waals surface area contributed by atoms with Gasteiger partial charge in [-0.05, 0) is 24.5 Å². The van der Waals surface area contributed by atoms with E-state index in [1.165, 1.54) is 6.07 Å². The summed E-state index contributed by atoms with van der Waals surface area (Å²) in [6.07, 6.45) is 0. The van der Waals surface area contributed by atoms with Crippen LogP contribution >= 0.6 is 15.9 Å². The van der Waals surface area contributed by atoms with E-state index >= 15 is 0 Å². The molecule has 0 radical (unpaired) electrons. The highest BCUT2D eigenvalue weighted by molar-refractivity contribution is 9.10. The molecule has 0 aliphatic rings. The van der Waals surface area contributed by atoms with Crippen LogP contribution in [-0.4, -0.2) is 11.0 Å². The minimum Gasteiger partial charge on any atom is -0.377 e. The summed E-state index contributed by atoms with van der Waals surface area (Å²) in [6.45, 7) is 8.30. The van der Waals surface area contributed by atoms with Gasteiger partial charge in [0.05, 0.1) is 4.92 Å². The Morgan fingerprint density at radius 1 is 1.41 bits per heavy atom. The van der Waals surface area contributed by atoms with Crippen molar-refractivity contribution in [2.24, 2.45) is 5.41 Å². The highest BCUT2D eigenvalue weighted by Gasteiger charge is 2.23. The number of halogens is 1. The standard InChI is InChI=1S/C12H17BrN2O2/c1-8(12(2,3)4)14-10-6-5-9(13)7-11(10)15(16)17/h5-8,14H,1-4H3. The normalized spacial score (nSPS) is 13.2. The zero-order valence-corrected chi connectivity index (χ0v) is 12.0. The fourth-order valence-corrected chi connectivity index (χ4v) is 1.58. The largest absolute Gasteiger partial charge is 0.377 e. The van der Waals surface area contributed by atoms with Gasteiger partial charge in [-0.25, -0.2) is 0 Å². The Balaban J connectivity index is 3.03. The molecule has 1 aromatic rings. The van der Waals surface area contributed by atoms with Crippen molar-refractivity contribution in [3.05, 3.63) is 32.8 Å². The van der Waals surface area contributed by atoms with Crippen LogP contribution in [0.25, 0.3) is 0 Å². The molecular formula is C12H17BrN2O2. The van der Waals surface area contributed by atoms with Crippen molar-refractivity contribution in [3.8, 4) is 0 Å². The Morgan fingerprint density at radius 3 is 2.47 bits per heavy atom. The monoisotopic (exact) mass is 300 g/mol. The first-order valence-corrected chi connectivity index (χ1v) is 6.21. The smallest absolute Gasteiger partial charge is 0.293 e. The fourth-order valence-electron chi connectivity index (χ4n) is 1.23. The minimum atomic E-state index is -0.373. The maximum atomic E-state index is 10.9. The number of nitro groups is 1. The van der Waals surface area contributed by atoms with E-state index in [-0.39, 0.29) is 22.1 Å². The lowest BCUT2D eigenvalue weighted by atomic mass is 9.88. The molecule has 1 N–H and O–H groups in total. The number of benzene rings is 1.